The summed E-state index contributed by atoms with van der Waals surface area (Å²) in [7, 11) is 0. The summed E-state index contributed by atoms with van der Waals surface area (Å²) in [6.45, 7) is 4.00. The molecule has 0 amide bonds. The molecule has 1 aromatic heterocycles. The zero-order valence-electron chi connectivity index (χ0n) is 30.6. The molecule has 3 heteroatoms. The normalized spacial score (nSPS) is 14.0. The van der Waals surface area contributed by atoms with Crippen LogP contribution in [-0.2, 0) is 5.41 Å². The topological polar surface area (TPSA) is 29.6 Å². The number of hydrogen-bond donors (Lipinski definition) is 0. The van der Waals surface area contributed by atoms with Gasteiger partial charge in [-0.05, 0) is 81.6 Å². The Bertz CT molecular complexity index is 2980. The largest absolute Gasteiger partial charge is 0.309 e. The Kier molecular flexibility index (Phi) is 7.23. The first kappa shape index (κ1) is 32.1. The fourth-order valence-electron chi connectivity index (χ4n) is 9.44. The Balaban J connectivity index is 1.16. The minimum absolute atomic E-state index is 0.598. The number of hydrogen-bond acceptors (Lipinski definition) is 1. The van der Waals surface area contributed by atoms with Gasteiger partial charge in [0.05, 0.1) is 22.1 Å². The number of nitrogens with zero attached hydrogens (tertiary/aromatic N) is 3. The Morgan fingerprint density at radius 2 is 0.982 bits per heavy atom. The fraction of sp³-hybridized carbons (Fsp3) is 0.0189. The molecule has 0 aliphatic heterocycles. The van der Waals surface area contributed by atoms with Gasteiger partial charge in [-0.3, -0.25) is 0 Å². The molecule has 11 rings (SSSR count). The van der Waals surface area contributed by atoms with E-state index in [4.69, 9.17) is 4.99 Å². The fourth-order valence-corrected chi connectivity index (χ4v) is 9.44. The van der Waals surface area contributed by atoms with Crippen molar-refractivity contribution in [2.24, 2.45) is 9.98 Å². The second-order valence-electron chi connectivity index (χ2n) is 14.6. The molecule has 8 aromatic carbocycles. The van der Waals surface area contributed by atoms with E-state index >= 15 is 0 Å². The molecule has 0 bridgehead atoms. The van der Waals surface area contributed by atoms with Gasteiger partial charge in [0.25, 0.3) is 0 Å². The minimum Gasteiger partial charge on any atom is -0.309 e. The summed E-state index contributed by atoms with van der Waals surface area (Å²) < 4.78 is 2.37. The molecule has 0 unspecified atom stereocenters. The molecule has 0 saturated carbocycles. The van der Waals surface area contributed by atoms with E-state index < -0.39 is 5.41 Å². The predicted molar refractivity (Wildman–Crippen MR) is 234 cm³/mol. The average Bonchev–Trinajstić information content (AvgIpc) is 3.87. The highest BCUT2D eigenvalue weighted by Gasteiger charge is 2.53. The van der Waals surface area contributed by atoms with Crippen LogP contribution in [0, 0.1) is 0 Å². The quantitative estimate of drug-likeness (QED) is 0.126. The van der Waals surface area contributed by atoms with E-state index in [1.807, 2.05) is 30.3 Å². The molecule has 262 valence electrons. The van der Waals surface area contributed by atoms with Crippen LogP contribution in [0.2, 0.25) is 0 Å². The Hall–Kier alpha value is -7.36. The van der Waals surface area contributed by atoms with E-state index in [1.54, 1.807) is 0 Å². The molecule has 3 nitrogen and oxygen atoms in total. The van der Waals surface area contributed by atoms with Gasteiger partial charge in [-0.1, -0.05) is 170 Å². The highest BCUT2D eigenvalue weighted by atomic mass is 15.0. The average molecular weight is 714 g/mol. The van der Waals surface area contributed by atoms with Crippen LogP contribution in [-0.4, -0.2) is 17.1 Å². The van der Waals surface area contributed by atoms with Crippen molar-refractivity contribution in [2.45, 2.75) is 5.41 Å². The van der Waals surface area contributed by atoms with Crippen LogP contribution in [0.5, 0.6) is 0 Å². The van der Waals surface area contributed by atoms with Crippen LogP contribution in [0.25, 0.3) is 61.0 Å². The number of amidine groups is 1. The number of fused-ring (bicyclic) bond motifs is 10. The number of para-hydroxylation sites is 2. The van der Waals surface area contributed by atoms with Crippen molar-refractivity contribution in [1.29, 1.82) is 0 Å². The molecule has 0 fully saturated rings. The SMILES string of the molecule is C=N/C(=N\C1=C(c2ccccc2)C2(c3cc(-c4ccc(-n5c6ccccc6c6ccccc65)cc4)ccc31)c1ccccc1-c1ccccc12)c1ccccc1. The third-order valence-electron chi connectivity index (χ3n) is 11.7. The van der Waals surface area contributed by atoms with Crippen molar-refractivity contribution in [2.75, 3.05) is 0 Å². The zero-order valence-corrected chi connectivity index (χ0v) is 30.6. The summed E-state index contributed by atoms with van der Waals surface area (Å²) >= 11 is 0. The van der Waals surface area contributed by atoms with E-state index in [9.17, 15) is 0 Å². The molecule has 0 atom stereocenters. The lowest BCUT2D eigenvalue weighted by molar-refractivity contribution is 0.842. The Morgan fingerprint density at radius 3 is 1.61 bits per heavy atom. The van der Waals surface area contributed by atoms with Crippen LogP contribution >= 0.6 is 0 Å². The van der Waals surface area contributed by atoms with Gasteiger partial charge in [-0.15, -0.1) is 0 Å². The summed E-state index contributed by atoms with van der Waals surface area (Å²) in [6.07, 6.45) is 0. The van der Waals surface area contributed by atoms with Crippen molar-refractivity contribution in [3.8, 4) is 27.9 Å². The lowest BCUT2D eigenvalue weighted by atomic mass is 9.67. The van der Waals surface area contributed by atoms with Crippen molar-refractivity contribution >= 4 is 45.6 Å². The minimum atomic E-state index is -0.620. The first-order valence-electron chi connectivity index (χ1n) is 19.1. The monoisotopic (exact) mass is 713 g/mol. The second-order valence-corrected chi connectivity index (χ2v) is 14.6. The predicted octanol–water partition coefficient (Wildman–Crippen LogP) is 12.8. The maximum Gasteiger partial charge on any atom is 0.159 e. The molecular formula is C53H35N3. The number of aromatic nitrogens is 1. The Labute approximate surface area is 325 Å². The second kappa shape index (κ2) is 12.6. The summed E-state index contributed by atoms with van der Waals surface area (Å²) in [4.78, 5) is 10.0. The van der Waals surface area contributed by atoms with Crippen molar-refractivity contribution < 1.29 is 0 Å². The third-order valence-corrected chi connectivity index (χ3v) is 11.7. The molecule has 2 aliphatic carbocycles. The van der Waals surface area contributed by atoms with Crippen LogP contribution in [0.15, 0.2) is 210 Å². The molecule has 1 heterocycles. The van der Waals surface area contributed by atoms with E-state index in [0.717, 1.165) is 44.8 Å². The molecule has 9 aromatic rings. The maximum absolute atomic E-state index is 5.48. The molecule has 56 heavy (non-hydrogen) atoms. The molecule has 1 spiro atoms. The van der Waals surface area contributed by atoms with Crippen molar-refractivity contribution in [3.63, 3.8) is 0 Å². The number of benzene rings is 8. The van der Waals surface area contributed by atoms with Crippen LogP contribution in [0.1, 0.15) is 33.4 Å². The van der Waals surface area contributed by atoms with Gasteiger partial charge in [0.2, 0.25) is 0 Å². The number of aliphatic imine (C=N–C) groups is 2. The third kappa shape index (κ3) is 4.58. The number of allylic oxidation sites excluding steroid dienone is 1. The summed E-state index contributed by atoms with van der Waals surface area (Å²) in [5.74, 6) is 0.598. The zero-order chi connectivity index (χ0) is 37.2. The summed E-state index contributed by atoms with van der Waals surface area (Å²) in [5.41, 5.74) is 16.7. The van der Waals surface area contributed by atoms with Crippen molar-refractivity contribution in [1.82, 2.24) is 4.57 Å². The van der Waals surface area contributed by atoms with Crippen LogP contribution in [0.3, 0.4) is 0 Å². The van der Waals surface area contributed by atoms with Gasteiger partial charge >= 0.3 is 0 Å². The molecule has 0 N–H and O–H groups in total. The lowest BCUT2D eigenvalue weighted by Gasteiger charge is -2.33. The van der Waals surface area contributed by atoms with Gasteiger partial charge in [-0.2, -0.15) is 0 Å². The first-order valence-corrected chi connectivity index (χ1v) is 19.1. The summed E-state index contributed by atoms with van der Waals surface area (Å²) in [5, 5.41) is 2.52. The van der Waals surface area contributed by atoms with Gasteiger partial charge in [0, 0.05) is 33.2 Å². The van der Waals surface area contributed by atoms with Gasteiger partial charge in [-0.25, -0.2) is 9.98 Å². The number of rotatable bonds is 5. The summed E-state index contributed by atoms with van der Waals surface area (Å²) in [6, 6.07) is 72.1. The van der Waals surface area contributed by atoms with Crippen molar-refractivity contribution in [3.05, 3.63) is 234 Å². The van der Waals surface area contributed by atoms with E-state index in [-0.39, 0.29) is 0 Å². The molecule has 0 saturated heterocycles. The maximum atomic E-state index is 5.48. The van der Waals surface area contributed by atoms with Gasteiger partial charge < -0.3 is 4.57 Å². The lowest BCUT2D eigenvalue weighted by Crippen LogP contribution is -2.26. The van der Waals surface area contributed by atoms with Crippen LogP contribution in [0.4, 0.5) is 0 Å². The molecule has 2 aliphatic rings. The highest BCUT2D eigenvalue weighted by molar-refractivity contribution is 6.14. The Morgan fingerprint density at radius 1 is 0.446 bits per heavy atom. The van der Waals surface area contributed by atoms with Gasteiger partial charge in [0.15, 0.2) is 5.84 Å². The van der Waals surface area contributed by atoms with E-state index in [1.165, 1.54) is 49.6 Å². The highest BCUT2D eigenvalue weighted by Crippen LogP contribution is 2.65. The van der Waals surface area contributed by atoms with Crippen LogP contribution < -0.4 is 0 Å². The van der Waals surface area contributed by atoms with E-state index in [0.29, 0.717) is 5.84 Å². The van der Waals surface area contributed by atoms with Gasteiger partial charge in [0.1, 0.15) is 0 Å². The smallest absolute Gasteiger partial charge is 0.159 e. The molecule has 0 radical (unpaired) electrons. The standard InChI is InChI=1S/C53H35N3/c1-54-52(37-18-6-3-7-19-37)55-51-44-33-30-38(35-28-31-39(32-29-35)56-48-26-14-10-22-42(48)43-23-11-15-27-49(43)56)34-47(44)53(50(51)36-16-4-2-5-17-36)45-24-12-8-20-40(45)41-21-9-13-25-46(41)53/h2-34H,1H2/b55-52-. The van der Waals surface area contributed by atoms with E-state index in [2.05, 4.69) is 186 Å². The first-order chi connectivity index (χ1) is 27.8. The molecular weight excluding hydrogens is 679 g/mol.